The van der Waals surface area contributed by atoms with Gasteiger partial charge in [-0.2, -0.15) is 0 Å². The van der Waals surface area contributed by atoms with E-state index in [0.717, 1.165) is 16.8 Å². The maximum absolute atomic E-state index is 4.97. The summed E-state index contributed by atoms with van der Waals surface area (Å²) >= 11 is 0. The van der Waals surface area contributed by atoms with Crippen molar-refractivity contribution in [2.75, 3.05) is 7.11 Å². The Morgan fingerprint density at radius 3 is 2.65 bits per heavy atom. The van der Waals surface area contributed by atoms with Crippen molar-refractivity contribution < 1.29 is 4.74 Å². The van der Waals surface area contributed by atoms with Crippen LogP contribution in [0.1, 0.15) is 18.1 Å². The summed E-state index contributed by atoms with van der Waals surface area (Å²) in [5, 5.41) is 0. The van der Waals surface area contributed by atoms with Gasteiger partial charge in [0.25, 0.3) is 0 Å². The smallest absolute Gasteiger partial charge is 0.111 e. The van der Waals surface area contributed by atoms with Crippen molar-refractivity contribution in [1.29, 1.82) is 0 Å². The van der Waals surface area contributed by atoms with E-state index in [1.54, 1.807) is 25.5 Å². The van der Waals surface area contributed by atoms with Gasteiger partial charge < -0.3 is 4.74 Å². The minimum absolute atomic E-state index is 0.595. The topological polar surface area (TPSA) is 21.6 Å². The predicted octanol–water partition coefficient (Wildman–Crippen LogP) is 4.59. The van der Waals surface area contributed by atoms with Crippen LogP contribution >= 0.6 is 0 Å². The van der Waals surface area contributed by atoms with Crippen molar-refractivity contribution >= 4 is 5.71 Å². The molecule has 0 saturated heterocycles. The Balaban J connectivity index is 2.91. The SMILES string of the molecule is C=CC(/C=C/C(=C)OC)=C\N=C(C)c1cccc(C)c1. The standard InChI is InChI=1S/C18H21NO/c1-6-17(11-10-15(3)20-5)13-19-16(4)18-9-7-8-14(2)12-18/h6-13H,1,3H2,2,4-5H3/b11-10+,17-13+,19-16?. The van der Waals surface area contributed by atoms with Crippen LogP contribution in [0.5, 0.6) is 0 Å². The third kappa shape index (κ3) is 5.11. The van der Waals surface area contributed by atoms with Crippen LogP contribution in [0.2, 0.25) is 0 Å². The van der Waals surface area contributed by atoms with Crippen molar-refractivity contribution in [3.63, 3.8) is 0 Å². The molecule has 0 radical (unpaired) electrons. The first kappa shape index (κ1) is 15.7. The Bertz CT molecular complexity index is 577. The van der Waals surface area contributed by atoms with E-state index >= 15 is 0 Å². The van der Waals surface area contributed by atoms with Crippen LogP contribution in [-0.4, -0.2) is 12.8 Å². The second-order valence-electron chi connectivity index (χ2n) is 4.42. The molecule has 0 bridgehead atoms. The van der Waals surface area contributed by atoms with Crippen LogP contribution in [0.4, 0.5) is 0 Å². The molecule has 0 aliphatic heterocycles. The van der Waals surface area contributed by atoms with Crippen molar-refractivity contribution in [2.45, 2.75) is 13.8 Å². The summed E-state index contributed by atoms with van der Waals surface area (Å²) in [6.07, 6.45) is 7.17. The second-order valence-corrected chi connectivity index (χ2v) is 4.42. The lowest BCUT2D eigenvalue weighted by atomic mass is 10.1. The van der Waals surface area contributed by atoms with Gasteiger partial charge in [-0.1, -0.05) is 49.1 Å². The van der Waals surface area contributed by atoms with E-state index < -0.39 is 0 Å². The van der Waals surface area contributed by atoms with Gasteiger partial charge in [0.05, 0.1) is 7.11 Å². The van der Waals surface area contributed by atoms with E-state index in [9.17, 15) is 0 Å². The van der Waals surface area contributed by atoms with Crippen molar-refractivity contribution in [2.24, 2.45) is 4.99 Å². The van der Waals surface area contributed by atoms with E-state index in [2.05, 4.69) is 43.3 Å². The molecule has 0 saturated carbocycles. The van der Waals surface area contributed by atoms with Gasteiger partial charge in [-0.25, -0.2) is 0 Å². The Morgan fingerprint density at radius 1 is 1.30 bits per heavy atom. The first-order chi connectivity index (χ1) is 9.56. The molecule has 0 amide bonds. The molecule has 0 spiro atoms. The van der Waals surface area contributed by atoms with E-state index in [-0.39, 0.29) is 0 Å². The van der Waals surface area contributed by atoms with Gasteiger partial charge in [-0.05, 0) is 37.1 Å². The normalized spacial score (nSPS) is 12.6. The number of hydrogen-bond donors (Lipinski definition) is 0. The number of rotatable bonds is 6. The van der Waals surface area contributed by atoms with Crippen LogP contribution in [-0.2, 0) is 4.74 Å². The number of hydrogen-bond acceptors (Lipinski definition) is 2. The molecule has 2 nitrogen and oxygen atoms in total. The van der Waals surface area contributed by atoms with Crippen molar-refractivity contribution in [3.8, 4) is 0 Å². The largest absolute Gasteiger partial charge is 0.497 e. The molecular weight excluding hydrogens is 246 g/mol. The zero-order valence-corrected chi connectivity index (χ0v) is 12.4. The maximum Gasteiger partial charge on any atom is 0.111 e. The summed E-state index contributed by atoms with van der Waals surface area (Å²) in [6, 6.07) is 8.27. The first-order valence-electron chi connectivity index (χ1n) is 6.42. The summed E-state index contributed by atoms with van der Waals surface area (Å²) in [7, 11) is 1.59. The summed E-state index contributed by atoms with van der Waals surface area (Å²) in [4.78, 5) is 4.47. The van der Waals surface area contributed by atoms with Gasteiger partial charge >= 0.3 is 0 Å². The number of aliphatic imine (C=N–C) groups is 1. The lowest BCUT2D eigenvalue weighted by Gasteiger charge is -2.01. The lowest BCUT2D eigenvalue weighted by molar-refractivity contribution is 0.309. The fourth-order valence-corrected chi connectivity index (χ4v) is 1.54. The Kier molecular flexibility index (Phi) is 6.24. The quantitative estimate of drug-likeness (QED) is 0.419. The number of ether oxygens (including phenoxy) is 1. The molecule has 0 fully saturated rings. The molecule has 20 heavy (non-hydrogen) atoms. The molecule has 2 heteroatoms. The molecular formula is C18H21NO. The maximum atomic E-state index is 4.97. The molecule has 1 aromatic carbocycles. The molecule has 0 heterocycles. The van der Waals surface area contributed by atoms with E-state index in [0.29, 0.717) is 5.76 Å². The highest BCUT2D eigenvalue weighted by Crippen LogP contribution is 2.07. The Labute approximate surface area is 121 Å². The molecule has 0 N–H and O–H groups in total. The average molecular weight is 267 g/mol. The van der Waals surface area contributed by atoms with Gasteiger partial charge in [0.2, 0.25) is 0 Å². The summed E-state index contributed by atoms with van der Waals surface area (Å²) in [5.74, 6) is 0.595. The van der Waals surface area contributed by atoms with Gasteiger partial charge in [0.1, 0.15) is 5.76 Å². The van der Waals surface area contributed by atoms with Crippen LogP contribution in [0.3, 0.4) is 0 Å². The number of allylic oxidation sites excluding steroid dienone is 4. The number of benzene rings is 1. The average Bonchev–Trinajstić information content (AvgIpc) is 2.46. The van der Waals surface area contributed by atoms with Crippen LogP contribution < -0.4 is 0 Å². The minimum atomic E-state index is 0.595. The molecule has 0 atom stereocenters. The molecule has 0 aromatic heterocycles. The van der Waals surface area contributed by atoms with Gasteiger partial charge in [-0.15, -0.1) is 0 Å². The van der Waals surface area contributed by atoms with Crippen LogP contribution in [0.15, 0.2) is 78.2 Å². The van der Waals surface area contributed by atoms with E-state index in [1.165, 1.54) is 5.56 Å². The monoisotopic (exact) mass is 267 g/mol. The van der Waals surface area contributed by atoms with Gasteiger partial charge in [0, 0.05) is 11.9 Å². The third-order valence-electron chi connectivity index (χ3n) is 2.80. The fraction of sp³-hybridized carbons (Fsp3) is 0.167. The fourth-order valence-electron chi connectivity index (χ4n) is 1.54. The molecule has 0 aliphatic rings. The lowest BCUT2D eigenvalue weighted by Crippen LogP contribution is -1.93. The number of aryl methyl sites for hydroxylation is 1. The highest BCUT2D eigenvalue weighted by Gasteiger charge is 1.96. The highest BCUT2D eigenvalue weighted by molar-refractivity contribution is 5.99. The second kappa shape index (κ2) is 7.95. The zero-order chi connectivity index (χ0) is 15.0. The molecule has 0 unspecified atom stereocenters. The Morgan fingerprint density at radius 2 is 2.05 bits per heavy atom. The molecule has 1 aromatic rings. The Hall–Kier alpha value is -2.35. The van der Waals surface area contributed by atoms with Crippen molar-refractivity contribution in [1.82, 2.24) is 0 Å². The molecule has 104 valence electrons. The molecule has 0 aliphatic carbocycles. The van der Waals surface area contributed by atoms with Gasteiger partial charge in [-0.3, -0.25) is 4.99 Å². The summed E-state index contributed by atoms with van der Waals surface area (Å²) < 4.78 is 4.97. The van der Waals surface area contributed by atoms with Gasteiger partial charge in [0.15, 0.2) is 0 Å². The highest BCUT2D eigenvalue weighted by atomic mass is 16.5. The van der Waals surface area contributed by atoms with E-state index in [4.69, 9.17) is 4.74 Å². The summed E-state index contributed by atoms with van der Waals surface area (Å²) in [5.41, 5.74) is 4.21. The summed E-state index contributed by atoms with van der Waals surface area (Å²) in [6.45, 7) is 11.6. The number of nitrogens with zero attached hydrogens (tertiary/aromatic N) is 1. The third-order valence-corrected chi connectivity index (χ3v) is 2.80. The van der Waals surface area contributed by atoms with Crippen molar-refractivity contribution in [3.05, 3.63) is 84.3 Å². The minimum Gasteiger partial charge on any atom is -0.497 e. The van der Waals surface area contributed by atoms with Crippen LogP contribution in [0.25, 0.3) is 0 Å². The van der Waals surface area contributed by atoms with Crippen LogP contribution in [0, 0.1) is 6.92 Å². The first-order valence-corrected chi connectivity index (χ1v) is 6.42. The number of methoxy groups -OCH3 is 1. The predicted molar refractivity (Wildman–Crippen MR) is 87.0 cm³/mol. The molecule has 1 rings (SSSR count). The zero-order valence-electron chi connectivity index (χ0n) is 12.4. The van der Waals surface area contributed by atoms with E-state index in [1.807, 2.05) is 19.1 Å².